The molecule has 4 aliphatic rings. The number of phenols is 1. The third-order valence-corrected chi connectivity index (χ3v) is 12.1. The van der Waals surface area contributed by atoms with Gasteiger partial charge in [0.2, 0.25) is 5.56 Å². The maximum atomic E-state index is 12.0. The highest BCUT2D eigenvalue weighted by Gasteiger charge is 2.48. The molecule has 10 nitrogen and oxygen atoms in total. The van der Waals surface area contributed by atoms with Crippen LogP contribution in [0.2, 0.25) is 0 Å². The number of piperidine rings is 3. The normalized spacial score (nSPS) is 23.2. The summed E-state index contributed by atoms with van der Waals surface area (Å²) in [6, 6.07) is 24.2. The third-order valence-electron chi connectivity index (χ3n) is 12.1. The Bertz CT molecular complexity index is 1820. The second kappa shape index (κ2) is 17.0. The molecule has 4 aromatic rings. The maximum absolute atomic E-state index is 12.0. The van der Waals surface area contributed by atoms with Crippen molar-refractivity contribution in [1.82, 2.24) is 10.3 Å². The number of ether oxygens (including phenoxy) is 3. The van der Waals surface area contributed by atoms with Gasteiger partial charge in [0.1, 0.15) is 35.5 Å². The van der Waals surface area contributed by atoms with Gasteiger partial charge in [-0.15, -0.1) is 0 Å². The molecule has 1 aliphatic carbocycles. The number of rotatable bonds is 18. The van der Waals surface area contributed by atoms with Crippen LogP contribution < -0.4 is 20.3 Å². The largest absolute Gasteiger partial charge is 0.506 e. The minimum Gasteiger partial charge on any atom is -0.506 e. The lowest BCUT2D eigenvalue weighted by molar-refractivity contribution is -0.946. The second-order valence-electron chi connectivity index (χ2n) is 15.5. The molecule has 284 valence electrons. The van der Waals surface area contributed by atoms with E-state index in [-0.39, 0.29) is 23.3 Å². The monoisotopic (exact) mass is 726 g/mol. The number of aliphatic hydroxyl groups excluding tert-OH is 1. The van der Waals surface area contributed by atoms with Crippen molar-refractivity contribution < 1.29 is 34.0 Å². The Kier molecular flexibility index (Phi) is 12.0. The standard InChI is InChI=1S/C43H55N3O7/c47-38-18-16-36(37-17-19-41(49)45-42(37)38)39(48)28-44-22-6-26-51-34-12-14-35(15-13-34)52-27-7-23-46-24-20-31(21-25-46)40(29-46)53-30-43(50,33-10-4-5-11-33)32-8-2-1-3-9-32/h1-3,8-9,12-19,31,33,39-40,44,48,50H,4-7,10-11,20-30H2,(H-,45,47,49)/p+1/t31?,39-,40-,43+,46?/m1/s1. The highest BCUT2D eigenvalue weighted by molar-refractivity contribution is 5.87. The van der Waals surface area contributed by atoms with E-state index in [4.69, 9.17) is 14.2 Å². The fourth-order valence-electron chi connectivity index (χ4n) is 9.03. The molecule has 10 heteroatoms. The number of hydrogen-bond acceptors (Lipinski definition) is 8. The van der Waals surface area contributed by atoms with E-state index in [9.17, 15) is 20.1 Å². The molecule has 3 aromatic carbocycles. The minimum atomic E-state index is -0.914. The topological polar surface area (TPSA) is 133 Å². The molecule has 1 aromatic heterocycles. The van der Waals surface area contributed by atoms with Gasteiger partial charge in [-0.2, -0.15) is 0 Å². The van der Waals surface area contributed by atoms with E-state index >= 15 is 0 Å². The molecular formula is C43H56N3O7+. The van der Waals surface area contributed by atoms with E-state index in [1.807, 2.05) is 42.5 Å². The third kappa shape index (κ3) is 8.90. The Hall–Kier alpha value is -3.93. The molecule has 4 fully saturated rings. The van der Waals surface area contributed by atoms with Gasteiger partial charge in [0.25, 0.3) is 0 Å². The summed E-state index contributed by atoms with van der Waals surface area (Å²) in [5.74, 6) is 2.45. The van der Waals surface area contributed by atoms with Crippen LogP contribution in [0.3, 0.4) is 0 Å². The molecular weight excluding hydrogens is 670 g/mol. The average Bonchev–Trinajstić information content (AvgIpc) is 3.75. The van der Waals surface area contributed by atoms with E-state index in [0.29, 0.717) is 55.3 Å². The minimum absolute atomic E-state index is 0.0245. The summed E-state index contributed by atoms with van der Waals surface area (Å²) in [5.41, 5.74) is 0.748. The van der Waals surface area contributed by atoms with Gasteiger partial charge < -0.3 is 44.3 Å². The first-order chi connectivity index (χ1) is 25.8. The lowest BCUT2D eigenvalue weighted by atomic mass is 9.80. The molecule has 0 spiro atoms. The molecule has 53 heavy (non-hydrogen) atoms. The first-order valence-electron chi connectivity index (χ1n) is 19.7. The van der Waals surface area contributed by atoms with Gasteiger partial charge in [0, 0.05) is 43.2 Å². The van der Waals surface area contributed by atoms with E-state index in [2.05, 4.69) is 22.4 Å². The Balaban J connectivity index is 0.800. The van der Waals surface area contributed by atoms with Gasteiger partial charge in [0.15, 0.2) is 0 Å². The molecule has 3 saturated heterocycles. The van der Waals surface area contributed by atoms with Crippen LogP contribution in [0.5, 0.6) is 17.2 Å². The SMILES string of the molecule is O=c1ccc2c([C@H](O)CNCCCOc3ccc(OCCC[N+]45CCC(CC4)[C@H](OC[C@](O)(c4ccccc4)C4CCCC4)C5)cc3)ccc(O)c2[nH]1. The number of phenolic OH excluding ortho intramolecular Hbond substituents is 1. The Morgan fingerprint density at radius 3 is 2.28 bits per heavy atom. The Morgan fingerprint density at radius 2 is 1.57 bits per heavy atom. The van der Waals surface area contributed by atoms with E-state index in [0.717, 1.165) is 60.3 Å². The summed E-state index contributed by atoms with van der Waals surface area (Å²) in [4.78, 5) is 14.3. The number of aliphatic hydroxyl groups is 2. The zero-order chi connectivity index (χ0) is 36.7. The van der Waals surface area contributed by atoms with Gasteiger partial charge >= 0.3 is 0 Å². The number of hydrogen-bond donors (Lipinski definition) is 5. The number of fused-ring (bicyclic) bond motifs is 4. The van der Waals surface area contributed by atoms with Crippen molar-refractivity contribution in [1.29, 1.82) is 0 Å². The quantitative estimate of drug-likeness (QED) is 0.0643. The van der Waals surface area contributed by atoms with Crippen LogP contribution in [0.4, 0.5) is 0 Å². The molecule has 1 saturated carbocycles. The van der Waals surface area contributed by atoms with E-state index < -0.39 is 11.7 Å². The van der Waals surface area contributed by atoms with Gasteiger partial charge in [0.05, 0.1) is 51.1 Å². The zero-order valence-electron chi connectivity index (χ0n) is 30.8. The number of H-pyrrole nitrogens is 1. The lowest BCUT2D eigenvalue weighted by Crippen LogP contribution is -2.65. The smallest absolute Gasteiger partial charge is 0.248 e. The molecule has 0 amide bonds. The maximum Gasteiger partial charge on any atom is 0.248 e. The molecule has 2 bridgehead atoms. The number of pyridine rings is 1. The van der Waals surface area contributed by atoms with Crippen molar-refractivity contribution in [2.75, 3.05) is 59.1 Å². The number of aromatic nitrogens is 1. The number of nitrogens with one attached hydrogen (secondary N) is 2. The predicted molar refractivity (Wildman–Crippen MR) is 205 cm³/mol. The van der Waals surface area contributed by atoms with Crippen molar-refractivity contribution in [3.8, 4) is 17.2 Å². The van der Waals surface area contributed by atoms with Gasteiger partial charge in [-0.1, -0.05) is 49.2 Å². The van der Waals surface area contributed by atoms with Crippen LogP contribution in [0, 0.1) is 11.8 Å². The summed E-state index contributed by atoms with van der Waals surface area (Å²) in [7, 11) is 0. The molecule has 3 aliphatic heterocycles. The van der Waals surface area contributed by atoms with Crippen LogP contribution in [0.25, 0.3) is 10.9 Å². The average molecular weight is 727 g/mol. The van der Waals surface area contributed by atoms with Crippen molar-refractivity contribution >= 4 is 10.9 Å². The summed E-state index contributed by atoms with van der Waals surface area (Å²) in [6.45, 7) is 7.10. The fraction of sp³-hybridized carbons (Fsp3) is 0.512. The number of aromatic amines is 1. The lowest BCUT2D eigenvalue weighted by Gasteiger charge is -2.53. The van der Waals surface area contributed by atoms with Gasteiger partial charge in [-0.25, -0.2) is 0 Å². The summed E-state index contributed by atoms with van der Waals surface area (Å²) in [6.07, 6.45) is 8.05. The molecule has 5 N–H and O–H groups in total. The number of nitrogens with zero attached hydrogens (tertiary/aromatic N) is 1. The van der Waals surface area contributed by atoms with Crippen LogP contribution in [-0.2, 0) is 10.3 Å². The summed E-state index contributed by atoms with van der Waals surface area (Å²) < 4.78 is 19.9. The molecule has 0 radical (unpaired) electrons. The van der Waals surface area contributed by atoms with Crippen molar-refractivity contribution in [2.45, 2.75) is 69.2 Å². The van der Waals surface area contributed by atoms with E-state index in [1.165, 1.54) is 50.9 Å². The van der Waals surface area contributed by atoms with Gasteiger partial charge in [-0.05, 0) is 79.3 Å². The molecule has 4 heterocycles. The summed E-state index contributed by atoms with van der Waals surface area (Å²) in [5, 5.41) is 36.7. The second-order valence-corrected chi connectivity index (χ2v) is 15.5. The highest BCUT2D eigenvalue weighted by atomic mass is 16.5. The van der Waals surface area contributed by atoms with Crippen molar-refractivity contribution in [3.63, 3.8) is 0 Å². The fourth-order valence-corrected chi connectivity index (χ4v) is 9.03. The molecule has 8 rings (SSSR count). The number of quaternary nitrogens is 1. The van der Waals surface area contributed by atoms with Gasteiger partial charge in [-0.3, -0.25) is 4.79 Å². The number of benzene rings is 3. The Labute approximate surface area is 312 Å². The number of aromatic hydroxyl groups is 1. The molecule has 3 atom stereocenters. The van der Waals surface area contributed by atoms with Crippen LogP contribution in [0.1, 0.15) is 68.6 Å². The predicted octanol–water partition coefficient (Wildman–Crippen LogP) is 5.80. The van der Waals surface area contributed by atoms with E-state index in [1.54, 1.807) is 12.1 Å². The summed E-state index contributed by atoms with van der Waals surface area (Å²) >= 11 is 0. The van der Waals surface area contributed by atoms with Crippen molar-refractivity contribution in [3.05, 3.63) is 100 Å². The Morgan fingerprint density at radius 1 is 0.868 bits per heavy atom. The first kappa shape index (κ1) is 37.4. The highest BCUT2D eigenvalue weighted by Crippen LogP contribution is 2.43. The zero-order valence-corrected chi connectivity index (χ0v) is 30.8. The van der Waals surface area contributed by atoms with Crippen LogP contribution in [-0.4, -0.2) is 90.0 Å². The van der Waals surface area contributed by atoms with Crippen LogP contribution >= 0.6 is 0 Å². The van der Waals surface area contributed by atoms with Crippen LogP contribution in [0.15, 0.2) is 83.7 Å². The first-order valence-corrected chi connectivity index (χ1v) is 19.7. The molecule has 0 unspecified atom stereocenters. The van der Waals surface area contributed by atoms with Crippen molar-refractivity contribution in [2.24, 2.45) is 11.8 Å².